The molecule has 6 nitrogen and oxygen atoms in total. The van der Waals surface area contributed by atoms with E-state index in [1.807, 2.05) is 48.5 Å². The summed E-state index contributed by atoms with van der Waals surface area (Å²) in [7, 11) is -2.02. The molecule has 156 valence electrons. The van der Waals surface area contributed by atoms with Gasteiger partial charge in [-0.15, -0.1) is 0 Å². The molecule has 0 atom stereocenters. The van der Waals surface area contributed by atoms with Crippen LogP contribution in [0.1, 0.15) is 21.5 Å². The average Bonchev–Trinajstić information content (AvgIpc) is 2.72. The van der Waals surface area contributed by atoms with Crippen LogP contribution < -0.4 is 9.62 Å². The van der Waals surface area contributed by atoms with Crippen LogP contribution in [0.25, 0.3) is 0 Å². The third-order valence-electron chi connectivity index (χ3n) is 4.48. The van der Waals surface area contributed by atoms with Gasteiger partial charge >= 0.3 is 0 Å². The summed E-state index contributed by atoms with van der Waals surface area (Å²) in [5, 5.41) is 2.85. The Hall–Kier alpha value is -3.16. The second kappa shape index (κ2) is 9.56. The fraction of sp³-hybridized carbons (Fsp3) is 0.174. The van der Waals surface area contributed by atoms with Gasteiger partial charge in [-0.05, 0) is 35.4 Å². The summed E-state index contributed by atoms with van der Waals surface area (Å²) in [4.78, 5) is 13.0. The van der Waals surface area contributed by atoms with Crippen molar-refractivity contribution in [3.63, 3.8) is 0 Å². The molecule has 1 amide bonds. The van der Waals surface area contributed by atoms with Gasteiger partial charge in [0.05, 0.1) is 30.7 Å². The van der Waals surface area contributed by atoms with Crippen LogP contribution in [0, 0.1) is 0 Å². The van der Waals surface area contributed by atoms with E-state index < -0.39 is 10.0 Å². The van der Waals surface area contributed by atoms with Gasteiger partial charge in [-0.1, -0.05) is 54.6 Å². The summed E-state index contributed by atoms with van der Waals surface area (Å²) < 4.78 is 31.5. The maximum Gasteiger partial charge on any atom is 0.257 e. The summed E-state index contributed by atoms with van der Waals surface area (Å²) in [6, 6.07) is 23.3. The van der Waals surface area contributed by atoms with E-state index in [1.165, 1.54) is 4.31 Å². The lowest BCUT2D eigenvalue weighted by molar-refractivity contribution is 0.102. The van der Waals surface area contributed by atoms with Gasteiger partial charge in [-0.2, -0.15) is 0 Å². The molecule has 0 saturated carbocycles. The monoisotopic (exact) mass is 424 g/mol. The SMILES string of the molecule is COCc1cccc(NC(=O)c2ccccc2N(Cc2ccccc2)S(C)(=O)=O)c1. The second-order valence-corrected chi connectivity index (χ2v) is 8.77. The van der Waals surface area contributed by atoms with E-state index >= 15 is 0 Å². The number of sulfonamides is 1. The zero-order valence-electron chi connectivity index (χ0n) is 16.9. The Morgan fingerprint density at radius 2 is 1.60 bits per heavy atom. The first-order chi connectivity index (χ1) is 14.4. The van der Waals surface area contributed by atoms with Gasteiger partial charge in [0.15, 0.2) is 0 Å². The molecule has 0 aromatic heterocycles. The van der Waals surface area contributed by atoms with E-state index in [-0.39, 0.29) is 18.0 Å². The Kier molecular flexibility index (Phi) is 6.87. The number of benzene rings is 3. The molecule has 0 aliphatic carbocycles. The summed E-state index contributed by atoms with van der Waals surface area (Å²) in [5.74, 6) is -0.387. The Morgan fingerprint density at radius 3 is 2.30 bits per heavy atom. The molecule has 1 N–H and O–H groups in total. The Bertz CT molecular complexity index is 1110. The fourth-order valence-electron chi connectivity index (χ4n) is 3.12. The van der Waals surface area contributed by atoms with Crippen LogP contribution in [0.5, 0.6) is 0 Å². The standard InChI is InChI=1S/C23H24N2O4S/c1-29-17-19-11-8-12-20(15-19)24-23(26)21-13-6-7-14-22(21)25(30(2,27)28)16-18-9-4-3-5-10-18/h3-15H,16-17H2,1-2H3,(H,24,26). The van der Waals surface area contributed by atoms with Crippen LogP contribution >= 0.6 is 0 Å². The molecule has 7 heteroatoms. The number of nitrogens with one attached hydrogen (secondary N) is 1. The highest BCUT2D eigenvalue weighted by molar-refractivity contribution is 7.92. The van der Waals surface area contributed by atoms with Crippen LogP contribution in [-0.2, 0) is 27.9 Å². The first kappa shape index (κ1) is 21.5. The van der Waals surface area contributed by atoms with Gasteiger partial charge in [0.2, 0.25) is 10.0 Å². The topological polar surface area (TPSA) is 75.7 Å². The van der Waals surface area contributed by atoms with Gasteiger partial charge in [0, 0.05) is 12.8 Å². The van der Waals surface area contributed by atoms with Crippen LogP contribution in [0.3, 0.4) is 0 Å². The summed E-state index contributed by atoms with van der Waals surface area (Å²) >= 11 is 0. The largest absolute Gasteiger partial charge is 0.380 e. The molecular weight excluding hydrogens is 400 g/mol. The minimum atomic E-state index is -3.62. The van der Waals surface area contributed by atoms with E-state index in [4.69, 9.17) is 4.74 Å². The van der Waals surface area contributed by atoms with Gasteiger partial charge in [-0.25, -0.2) is 8.42 Å². The molecule has 0 aliphatic rings. The summed E-state index contributed by atoms with van der Waals surface area (Å²) in [5.41, 5.74) is 2.96. The molecule has 0 bridgehead atoms. The molecule has 0 saturated heterocycles. The Morgan fingerprint density at radius 1 is 0.933 bits per heavy atom. The number of nitrogens with zero attached hydrogens (tertiary/aromatic N) is 1. The van der Waals surface area contributed by atoms with Gasteiger partial charge < -0.3 is 10.1 Å². The number of ether oxygens (including phenoxy) is 1. The van der Waals surface area contributed by atoms with Crippen molar-refractivity contribution in [2.24, 2.45) is 0 Å². The van der Waals surface area contributed by atoms with Crippen molar-refractivity contribution in [2.75, 3.05) is 23.0 Å². The lowest BCUT2D eigenvalue weighted by Gasteiger charge is -2.24. The minimum Gasteiger partial charge on any atom is -0.380 e. The third kappa shape index (κ3) is 5.46. The molecule has 30 heavy (non-hydrogen) atoms. The Balaban J connectivity index is 1.93. The van der Waals surface area contributed by atoms with Crippen molar-refractivity contribution in [3.05, 3.63) is 95.6 Å². The van der Waals surface area contributed by atoms with Crippen LogP contribution in [0.2, 0.25) is 0 Å². The van der Waals surface area contributed by atoms with E-state index in [0.717, 1.165) is 17.4 Å². The molecular formula is C23H24N2O4S. The summed E-state index contributed by atoms with van der Waals surface area (Å²) in [6.45, 7) is 0.562. The van der Waals surface area contributed by atoms with Crippen molar-refractivity contribution in [1.29, 1.82) is 0 Å². The number of para-hydroxylation sites is 1. The van der Waals surface area contributed by atoms with E-state index in [2.05, 4.69) is 5.32 Å². The fourth-order valence-corrected chi connectivity index (χ4v) is 4.02. The molecule has 3 rings (SSSR count). The number of methoxy groups -OCH3 is 1. The highest BCUT2D eigenvalue weighted by atomic mass is 32.2. The number of anilines is 2. The minimum absolute atomic E-state index is 0.132. The van der Waals surface area contributed by atoms with Crippen molar-refractivity contribution in [3.8, 4) is 0 Å². The zero-order chi connectivity index (χ0) is 21.6. The quantitative estimate of drug-likeness (QED) is 0.592. The number of carbonyl (C=O) groups excluding carboxylic acids is 1. The molecule has 0 aliphatic heterocycles. The van der Waals surface area contributed by atoms with Crippen molar-refractivity contribution in [1.82, 2.24) is 0 Å². The number of hydrogen-bond donors (Lipinski definition) is 1. The molecule has 0 fully saturated rings. The smallest absolute Gasteiger partial charge is 0.257 e. The molecule has 0 spiro atoms. The maximum atomic E-state index is 13.0. The lowest BCUT2D eigenvalue weighted by atomic mass is 10.1. The number of hydrogen-bond acceptors (Lipinski definition) is 4. The Labute approximate surface area is 177 Å². The predicted molar refractivity (Wildman–Crippen MR) is 119 cm³/mol. The summed E-state index contributed by atoms with van der Waals surface area (Å²) in [6.07, 6.45) is 1.14. The number of amides is 1. The van der Waals surface area contributed by atoms with Gasteiger partial charge in [0.25, 0.3) is 5.91 Å². The van der Waals surface area contributed by atoms with Crippen molar-refractivity contribution in [2.45, 2.75) is 13.2 Å². The predicted octanol–water partition coefficient (Wildman–Crippen LogP) is 4.05. The van der Waals surface area contributed by atoms with Crippen molar-refractivity contribution >= 4 is 27.3 Å². The molecule has 3 aromatic rings. The van der Waals surface area contributed by atoms with Crippen LogP contribution in [0.4, 0.5) is 11.4 Å². The van der Waals surface area contributed by atoms with Gasteiger partial charge in [-0.3, -0.25) is 9.10 Å². The van der Waals surface area contributed by atoms with Crippen LogP contribution in [-0.4, -0.2) is 27.7 Å². The number of carbonyl (C=O) groups is 1. The molecule has 0 heterocycles. The molecule has 0 unspecified atom stereocenters. The lowest BCUT2D eigenvalue weighted by Crippen LogP contribution is -2.31. The highest BCUT2D eigenvalue weighted by Gasteiger charge is 2.23. The van der Waals surface area contributed by atoms with E-state index in [0.29, 0.717) is 18.0 Å². The highest BCUT2D eigenvalue weighted by Crippen LogP contribution is 2.26. The van der Waals surface area contributed by atoms with E-state index in [1.54, 1.807) is 37.4 Å². The second-order valence-electron chi connectivity index (χ2n) is 6.86. The first-order valence-electron chi connectivity index (χ1n) is 9.38. The average molecular weight is 425 g/mol. The molecule has 3 aromatic carbocycles. The van der Waals surface area contributed by atoms with Gasteiger partial charge in [0.1, 0.15) is 0 Å². The normalized spacial score (nSPS) is 11.1. The molecule has 0 radical (unpaired) electrons. The van der Waals surface area contributed by atoms with E-state index in [9.17, 15) is 13.2 Å². The maximum absolute atomic E-state index is 13.0. The van der Waals surface area contributed by atoms with Crippen LogP contribution in [0.15, 0.2) is 78.9 Å². The first-order valence-corrected chi connectivity index (χ1v) is 11.2. The van der Waals surface area contributed by atoms with Crippen molar-refractivity contribution < 1.29 is 17.9 Å². The number of rotatable bonds is 8. The zero-order valence-corrected chi connectivity index (χ0v) is 17.7. The third-order valence-corrected chi connectivity index (χ3v) is 5.61.